The first kappa shape index (κ1) is 20.1. The molecule has 28 heavy (non-hydrogen) atoms. The minimum atomic E-state index is 0.279. The molecule has 0 aliphatic heterocycles. The highest BCUT2D eigenvalue weighted by atomic mass is 32.1. The highest BCUT2D eigenvalue weighted by Gasteiger charge is 2.12. The quantitative estimate of drug-likeness (QED) is 0.469. The molecule has 0 aliphatic rings. The molecule has 0 radical (unpaired) electrons. The van der Waals surface area contributed by atoms with E-state index in [1.807, 2.05) is 38.3 Å². The Labute approximate surface area is 170 Å². The fourth-order valence-corrected chi connectivity index (χ4v) is 3.75. The van der Waals surface area contributed by atoms with Gasteiger partial charge in [-0.05, 0) is 71.0 Å². The number of H-pyrrole nitrogens is 1. The van der Waals surface area contributed by atoms with Gasteiger partial charge in [0.25, 0.3) is 0 Å². The Hall–Kier alpha value is -2.67. The monoisotopic (exact) mass is 397 g/mol. The zero-order valence-electron chi connectivity index (χ0n) is 17.3. The smallest absolute Gasteiger partial charge is 0.216 e. The molecular weight excluding hydrogens is 370 g/mol. The lowest BCUT2D eigenvalue weighted by Gasteiger charge is -2.13. The lowest BCUT2D eigenvalue weighted by atomic mass is 10.1. The van der Waals surface area contributed by atoms with Crippen LogP contribution < -0.4 is 4.74 Å². The van der Waals surface area contributed by atoms with Gasteiger partial charge in [-0.1, -0.05) is 18.2 Å². The van der Waals surface area contributed by atoms with Gasteiger partial charge >= 0.3 is 0 Å². The van der Waals surface area contributed by atoms with Gasteiger partial charge in [0.1, 0.15) is 12.4 Å². The molecule has 0 atom stereocenters. The first-order valence-electron chi connectivity index (χ1n) is 9.37. The van der Waals surface area contributed by atoms with Crippen molar-refractivity contribution in [1.82, 2.24) is 19.4 Å². The first-order chi connectivity index (χ1) is 13.3. The van der Waals surface area contributed by atoms with E-state index in [4.69, 9.17) is 17.0 Å². The van der Waals surface area contributed by atoms with Crippen LogP contribution in [0.5, 0.6) is 5.75 Å². The highest BCUT2D eigenvalue weighted by molar-refractivity contribution is 7.71. The van der Waals surface area contributed by atoms with E-state index in [-0.39, 0.29) is 6.61 Å². The van der Waals surface area contributed by atoms with Crippen molar-refractivity contribution >= 4 is 18.4 Å². The van der Waals surface area contributed by atoms with Gasteiger partial charge in [0, 0.05) is 23.0 Å². The molecule has 0 aliphatic carbocycles. The van der Waals surface area contributed by atoms with Crippen LogP contribution in [0.4, 0.5) is 0 Å². The average Bonchev–Trinajstić information content (AvgIpc) is 3.11. The minimum absolute atomic E-state index is 0.279. The fraction of sp³-hybridized carbons (Fsp3) is 0.381. The summed E-state index contributed by atoms with van der Waals surface area (Å²) in [4.78, 5) is 0. The van der Waals surface area contributed by atoms with Crippen LogP contribution in [0.15, 0.2) is 29.4 Å². The molecule has 0 spiro atoms. The van der Waals surface area contributed by atoms with E-state index in [1.165, 1.54) is 11.4 Å². The number of nitrogens with one attached hydrogen (secondary N) is 1. The number of para-hydroxylation sites is 1. The van der Waals surface area contributed by atoms with E-state index in [9.17, 15) is 0 Å². The number of aryl methyl sites for hydroxylation is 3. The van der Waals surface area contributed by atoms with Crippen molar-refractivity contribution in [3.8, 4) is 5.75 Å². The van der Waals surface area contributed by atoms with Crippen molar-refractivity contribution in [3.63, 3.8) is 0 Å². The predicted molar refractivity (Wildman–Crippen MR) is 115 cm³/mol. The number of hydrogen-bond acceptors (Lipinski definition) is 4. The number of benzene rings is 1. The molecule has 0 unspecified atom stereocenters. The number of aromatic amines is 1. The van der Waals surface area contributed by atoms with E-state index >= 15 is 0 Å². The van der Waals surface area contributed by atoms with E-state index < -0.39 is 0 Å². The Bertz CT molecular complexity index is 1050. The van der Waals surface area contributed by atoms with Gasteiger partial charge in [0.05, 0.1) is 6.21 Å². The molecule has 3 rings (SSSR count). The van der Waals surface area contributed by atoms with Crippen LogP contribution in [0, 0.1) is 32.5 Å². The lowest BCUT2D eigenvalue weighted by molar-refractivity contribution is 0.287. The summed E-state index contributed by atoms with van der Waals surface area (Å²) in [6, 6.07) is 8.62. The summed E-state index contributed by atoms with van der Waals surface area (Å²) in [6.07, 6.45) is 1.83. The number of rotatable bonds is 6. The van der Waals surface area contributed by atoms with Gasteiger partial charge in [0.2, 0.25) is 4.77 Å². The number of aromatic nitrogens is 4. The Balaban J connectivity index is 1.85. The number of nitrogens with zero attached hydrogens (tertiary/aromatic N) is 4. The van der Waals surface area contributed by atoms with Gasteiger partial charge in [0.15, 0.2) is 5.82 Å². The van der Waals surface area contributed by atoms with E-state index in [0.717, 1.165) is 22.4 Å². The lowest BCUT2D eigenvalue weighted by Crippen LogP contribution is -2.06. The van der Waals surface area contributed by atoms with Gasteiger partial charge < -0.3 is 9.30 Å². The van der Waals surface area contributed by atoms with Gasteiger partial charge in [-0.25, -0.2) is 5.10 Å². The summed E-state index contributed by atoms with van der Waals surface area (Å²) in [5, 5.41) is 11.7. The van der Waals surface area contributed by atoms with Crippen molar-refractivity contribution in [2.75, 3.05) is 0 Å². The van der Waals surface area contributed by atoms with Crippen molar-refractivity contribution in [1.29, 1.82) is 0 Å². The maximum absolute atomic E-state index is 6.01. The Kier molecular flexibility index (Phi) is 5.84. The molecule has 3 aromatic rings. The summed E-state index contributed by atoms with van der Waals surface area (Å²) in [5.74, 6) is 1.49. The largest absolute Gasteiger partial charge is 0.485 e. The molecule has 1 N–H and O–H groups in total. The van der Waals surface area contributed by atoms with Crippen LogP contribution in [0.2, 0.25) is 0 Å². The zero-order valence-corrected chi connectivity index (χ0v) is 18.1. The summed E-state index contributed by atoms with van der Waals surface area (Å²) in [7, 11) is 0. The van der Waals surface area contributed by atoms with Crippen molar-refractivity contribution in [2.24, 2.45) is 5.10 Å². The highest BCUT2D eigenvalue weighted by Crippen LogP contribution is 2.23. The fourth-order valence-electron chi connectivity index (χ4n) is 3.55. The van der Waals surface area contributed by atoms with Gasteiger partial charge in [-0.15, -0.1) is 0 Å². The van der Waals surface area contributed by atoms with Crippen LogP contribution in [0.25, 0.3) is 0 Å². The second-order valence-electron chi connectivity index (χ2n) is 7.30. The third-order valence-electron chi connectivity index (χ3n) is 4.82. The molecule has 2 heterocycles. The molecule has 6 nitrogen and oxygen atoms in total. The Morgan fingerprint density at radius 2 is 1.89 bits per heavy atom. The predicted octanol–water partition coefficient (Wildman–Crippen LogP) is 5.02. The average molecular weight is 398 g/mol. The third kappa shape index (κ3) is 3.94. The first-order valence-corrected chi connectivity index (χ1v) is 9.78. The zero-order chi connectivity index (χ0) is 20.4. The summed E-state index contributed by atoms with van der Waals surface area (Å²) < 4.78 is 10.4. The van der Waals surface area contributed by atoms with Crippen molar-refractivity contribution < 1.29 is 4.74 Å². The molecule has 0 amide bonds. The molecular formula is C21H27N5OS. The third-order valence-corrected chi connectivity index (χ3v) is 5.09. The van der Waals surface area contributed by atoms with Crippen molar-refractivity contribution in [3.05, 3.63) is 62.9 Å². The minimum Gasteiger partial charge on any atom is -0.485 e. The molecule has 0 fully saturated rings. The van der Waals surface area contributed by atoms with E-state index in [1.54, 1.807) is 4.68 Å². The topological polar surface area (TPSA) is 60.1 Å². The Morgan fingerprint density at radius 1 is 1.21 bits per heavy atom. The maximum atomic E-state index is 6.01. The van der Waals surface area contributed by atoms with Gasteiger partial charge in [-0.3, -0.25) is 0 Å². The second kappa shape index (κ2) is 8.14. The molecule has 0 saturated carbocycles. The molecule has 2 aromatic heterocycles. The molecule has 7 heteroatoms. The van der Waals surface area contributed by atoms with Crippen LogP contribution in [0.1, 0.15) is 53.8 Å². The Morgan fingerprint density at radius 3 is 2.50 bits per heavy atom. The van der Waals surface area contributed by atoms with Crippen LogP contribution in [0.3, 0.4) is 0 Å². The number of ether oxygens (including phenoxy) is 1. The molecule has 148 valence electrons. The molecule has 0 bridgehead atoms. The second-order valence-corrected chi connectivity index (χ2v) is 7.69. The molecule has 1 aromatic carbocycles. The SMILES string of the molecule is Cc1cccc(C)c1OCc1n[nH]c(=S)n1/N=C\c1cc(C)n(C(C)C)c1C. The van der Waals surface area contributed by atoms with Crippen molar-refractivity contribution in [2.45, 2.75) is 54.2 Å². The molecule has 0 saturated heterocycles. The number of hydrogen-bond donors (Lipinski definition) is 1. The van der Waals surface area contributed by atoms with E-state index in [2.05, 4.69) is 53.6 Å². The van der Waals surface area contributed by atoms with Crippen LogP contribution in [-0.4, -0.2) is 25.7 Å². The van der Waals surface area contributed by atoms with Gasteiger partial charge in [-0.2, -0.15) is 14.9 Å². The summed E-state index contributed by atoms with van der Waals surface area (Å²) in [6.45, 7) is 12.9. The normalized spacial score (nSPS) is 11.7. The summed E-state index contributed by atoms with van der Waals surface area (Å²) in [5.41, 5.74) is 5.63. The maximum Gasteiger partial charge on any atom is 0.216 e. The van der Waals surface area contributed by atoms with Crippen LogP contribution in [-0.2, 0) is 6.61 Å². The standard InChI is InChI=1S/C21H27N5OS/c1-13(2)25-16(5)10-18(17(25)6)11-22-26-19(23-24-21(26)28)12-27-20-14(3)8-7-9-15(20)4/h7-11,13H,12H2,1-6H3,(H,24,28)/b22-11-. The van der Waals surface area contributed by atoms with E-state index in [0.29, 0.717) is 16.6 Å². The summed E-state index contributed by atoms with van der Waals surface area (Å²) >= 11 is 5.35. The van der Waals surface area contributed by atoms with Crippen LogP contribution >= 0.6 is 12.2 Å².